The van der Waals surface area contributed by atoms with Crippen LogP contribution in [-0.2, 0) is 9.53 Å². The fraction of sp³-hybridized carbons (Fsp3) is 0.444. The Balaban J connectivity index is 0. The van der Waals surface area contributed by atoms with E-state index in [9.17, 15) is 4.79 Å². The van der Waals surface area contributed by atoms with Gasteiger partial charge < -0.3 is 14.9 Å². The van der Waals surface area contributed by atoms with E-state index in [0.717, 1.165) is 6.26 Å². The maximum absolute atomic E-state index is 10.6. The van der Waals surface area contributed by atoms with Crippen LogP contribution in [-0.4, -0.2) is 22.5 Å². The van der Waals surface area contributed by atoms with Crippen molar-refractivity contribution in [3.05, 3.63) is 25.0 Å². The standard InChI is InChI=1S/C7H12O3.C2H4O/c1-4-6(8)10-7(9)5(2)3;1-2-3/h6,8H,2,4H2,1,3H3;2-3H,1H2. The van der Waals surface area contributed by atoms with Crippen LogP contribution in [0.25, 0.3) is 0 Å². The first-order chi connectivity index (χ1) is 5.99. The third-order valence-electron chi connectivity index (χ3n) is 0.941. The summed E-state index contributed by atoms with van der Waals surface area (Å²) in [5, 5.41) is 16.1. The molecule has 0 rings (SSSR count). The van der Waals surface area contributed by atoms with Crippen LogP contribution in [0.3, 0.4) is 0 Å². The predicted octanol–water partition coefficient (Wildman–Crippen LogP) is 1.52. The first-order valence-electron chi connectivity index (χ1n) is 3.79. The molecule has 0 spiro atoms. The molecule has 13 heavy (non-hydrogen) atoms. The summed E-state index contributed by atoms with van der Waals surface area (Å²) in [6.45, 7) is 9.52. The molecule has 2 N–H and O–H groups in total. The minimum absolute atomic E-state index is 0.299. The Bertz CT molecular complexity index is 174. The van der Waals surface area contributed by atoms with E-state index in [1.807, 2.05) is 0 Å². The Morgan fingerprint density at radius 2 is 2.08 bits per heavy atom. The van der Waals surface area contributed by atoms with Gasteiger partial charge >= 0.3 is 5.97 Å². The topological polar surface area (TPSA) is 66.8 Å². The van der Waals surface area contributed by atoms with E-state index in [0.29, 0.717) is 12.0 Å². The molecule has 0 fully saturated rings. The summed E-state index contributed by atoms with van der Waals surface area (Å²) < 4.78 is 4.48. The lowest BCUT2D eigenvalue weighted by atomic mass is 10.3. The molecular weight excluding hydrogens is 172 g/mol. The van der Waals surface area contributed by atoms with Crippen LogP contribution in [0.4, 0.5) is 0 Å². The van der Waals surface area contributed by atoms with E-state index >= 15 is 0 Å². The van der Waals surface area contributed by atoms with Gasteiger partial charge in [-0.2, -0.15) is 0 Å². The molecule has 0 aliphatic heterocycles. The molecule has 0 aromatic rings. The molecule has 0 bridgehead atoms. The minimum Gasteiger partial charge on any atom is -0.516 e. The summed E-state index contributed by atoms with van der Waals surface area (Å²) in [5.41, 5.74) is 0.299. The smallest absolute Gasteiger partial charge is 0.335 e. The molecule has 0 aliphatic rings. The SMILES string of the molecule is C=C(C)C(=O)OC(O)CC.C=CO. The summed E-state index contributed by atoms with van der Waals surface area (Å²) in [7, 11) is 0. The molecule has 0 aromatic carbocycles. The lowest BCUT2D eigenvalue weighted by molar-refractivity contribution is -0.162. The van der Waals surface area contributed by atoms with E-state index in [-0.39, 0.29) is 0 Å². The van der Waals surface area contributed by atoms with Gasteiger partial charge in [0.05, 0.1) is 6.26 Å². The number of carbonyl (C=O) groups excluding carboxylic acids is 1. The van der Waals surface area contributed by atoms with Crippen molar-refractivity contribution in [3.8, 4) is 0 Å². The largest absolute Gasteiger partial charge is 0.516 e. The number of aliphatic hydroxyl groups excluding tert-OH is 2. The molecular formula is C9H16O4. The maximum atomic E-state index is 10.6. The van der Waals surface area contributed by atoms with Crippen LogP contribution in [0.5, 0.6) is 0 Å². The van der Waals surface area contributed by atoms with Crippen molar-refractivity contribution in [2.75, 3.05) is 0 Å². The van der Waals surface area contributed by atoms with Crippen molar-refractivity contribution in [1.29, 1.82) is 0 Å². The van der Waals surface area contributed by atoms with Crippen molar-refractivity contribution < 1.29 is 19.7 Å². The lowest BCUT2D eigenvalue weighted by Gasteiger charge is -2.08. The van der Waals surface area contributed by atoms with E-state index < -0.39 is 12.3 Å². The third kappa shape index (κ3) is 10.7. The van der Waals surface area contributed by atoms with Crippen molar-refractivity contribution >= 4 is 5.97 Å². The second-order valence-corrected chi connectivity index (χ2v) is 2.23. The molecule has 0 radical (unpaired) electrons. The summed E-state index contributed by atoms with van der Waals surface area (Å²) in [4.78, 5) is 10.6. The quantitative estimate of drug-likeness (QED) is 0.305. The van der Waals surface area contributed by atoms with Gasteiger partial charge in [0.15, 0.2) is 0 Å². The molecule has 4 heteroatoms. The Hall–Kier alpha value is -1.29. The van der Waals surface area contributed by atoms with Gasteiger partial charge in [-0.3, -0.25) is 0 Å². The Labute approximate surface area is 78.1 Å². The normalized spacial score (nSPS) is 10.4. The number of aliphatic hydroxyl groups is 2. The van der Waals surface area contributed by atoms with Crippen molar-refractivity contribution in [3.63, 3.8) is 0 Å². The van der Waals surface area contributed by atoms with Crippen LogP contribution in [0.15, 0.2) is 25.0 Å². The van der Waals surface area contributed by atoms with E-state index in [2.05, 4.69) is 17.9 Å². The Morgan fingerprint density at radius 1 is 1.69 bits per heavy atom. The molecule has 1 unspecified atom stereocenters. The first kappa shape index (κ1) is 14.2. The van der Waals surface area contributed by atoms with Gasteiger partial charge in [-0.15, -0.1) is 0 Å². The number of ether oxygens (including phenoxy) is 1. The van der Waals surface area contributed by atoms with E-state index in [4.69, 9.17) is 10.2 Å². The van der Waals surface area contributed by atoms with E-state index in [1.54, 1.807) is 6.92 Å². The minimum atomic E-state index is -0.996. The fourth-order valence-electron chi connectivity index (χ4n) is 0.307. The zero-order valence-electron chi connectivity index (χ0n) is 7.99. The summed E-state index contributed by atoms with van der Waals surface area (Å²) in [6, 6.07) is 0. The number of esters is 1. The van der Waals surface area contributed by atoms with Gasteiger partial charge in [-0.05, 0) is 6.92 Å². The Kier molecular flexibility index (Phi) is 9.65. The van der Waals surface area contributed by atoms with Gasteiger partial charge in [-0.1, -0.05) is 20.1 Å². The number of carbonyl (C=O) groups is 1. The summed E-state index contributed by atoms with van der Waals surface area (Å²) in [6.07, 6.45) is 0.156. The van der Waals surface area contributed by atoms with Gasteiger partial charge in [0.25, 0.3) is 0 Å². The zero-order chi connectivity index (χ0) is 10.9. The number of hydrogen-bond acceptors (Lipinski definition) is 4. The van der Waals surface area contributed by atoms with Gasteiger partial charge in [0.2, 0.25) is 6.29 Å². The average Bonchev–Trinajstić information content (AvgIpc) is 2.05. The highest BCUT2D eigenvalue weighted by molar-refractivity contribution is 5.86. The van der Waals surface area contributed by atoms with Gasteiger partial charge in [0.1, 0.15) is 0 Å². The molecule has 0 amide bonds. The number of rotatable bonds is 3. The molecule has 0 saturated carbocycles. The highest BCUT2D eigenvalue weighted by atomic mass is 16.6. The van der Waals surface area contributed by atoms with Crippen LogP contribution in [0.1, 0.15) is 20.3 Å². The molecule has 0 heterocycles. The average molecular weight is 188 g/mol. The second kappa shape index (κ2) is 8.80. The zero-order valence-corrected chi connectivity index (χ0v) is 7.99. The summed E-state index contributed by atoms with van der Waals surface area (Å²) >= 11 is 0. The van der Waals surface area contributed by atoms with Gasteiger partial charge in [0, 0.05) is 12.0 Å². The molecule has 76 valence electrons. The van der Waals surface area contributed by atoms with Crippen molar-refractivity contribution in [2.45, 2.75) is 26.6 Å². The molecule has 0 saturated heterocycles. The van der Waals surface area contributed by atoms with Crippen LogP contribution >= 0.6 is 0 Å². The maximum Gasteiger partial charge on any atom is 0.335 e. The first-order valence-corrected chi connectivity index (χ1v) is 3.79. The Morgan fingerprint density at radius 3 is 2.31 bits per heavy atom. The molecule has 0 aromatic heterocycles. The fourth-order valence-corrected chi connectivity index (χ4v) is 0.307. The van der Waals surface area contributed by atoms with Crippen LogP contribution in [0.2, 0.25) is 0 Å². The monoisotopic (exact) mass is 188 g/mol. The molecule has 4 nitrogen and oxygen atoms in total. The molecule has 1 atom stereocenters. The van der Waals surface area contributed by atoms with E-state index in [1.165, 1.54) is 6.92 Å². The second-order valence-electron chi connectivity index (χ2n) is 2.23. The van der Waals surface area contributed by atoms with Crippen LogP contribution in [0, 0.1) is 0 Å². The number of hydrogen-bond donors (Lipinski definition) is 2. The van der Waals surface area contributed by atoms with Crippen molar-refractivity contribution in [2.24, 2.45) is 0 Å². The molecule has 0 aliphatic carbocycles. The van der Waals surface area contributed by atoms with Gasteiger partial charge in [-0.25, -0.2) is 4.79 Å². The predicted molar refractivity (Wildman–Crippen MR) is 50.0 cm³/mol. The van der Waals surface area contributed by atoms with Crippen molar-refractivity contribution in [1.82, 2.24) is 0 Å². The highest BCUT2D eigenvalue weighted by Crippen LogP contribution is 1.98. The highest BCUT2D eigenvalue weighted by Gasteiger charge is 2.07. The van der Waals surface area contributed by atoms with Crippen LogP contribution < -0.4 is 0 Å². The third-order valence-corrected chi connectivity index (χ3v) is 0.941. The lowest BCUT2D eigenvalue weighted by Crippen LogP contribution is -2.16. The summed E-state index contributed by atoms with van der Waals surface area (Å²) in [5.74, 6) is -0.547.